The number of benzene rings is 1. The SMILES string of the molecule is CCNC(=O)C(C)Nc1ccc([N+](=O)[O-])c(C)c1. The number of carbonyl (C=O) groups is 1. The average molecular weight is 251 g/mol. The Labute approximate surface area is 106 Å². The van der Waals surface area contributed by atoms with Gasteiger partial charge in [0.25, 0.3) is 5.69 Å². The Kier molecular flexibility index (Phi) is 4.65. The molecule has 6 nitrogen and oxygen atoms in total. The number of nitrogens with one attached hydrogen (secondary N) is 2. The van der Waals surface area contributed by atoms with E-state index in [1.165, 1.54) is 6.07 Å². The minimum Gasteiger partial charge on any atom is -0.374 e. The maximum atomic E-state index is 11.5. The first kappa shape index (κ1) is 14.0. The Morgan fingerprint density at radius 2 is 2.17 bits per heavy atom. The summed E-state index contributed by atoms with van der Waals surface area (Å²) >= 11 is 0. The van der Waals surface area contributed by atoms with Crippen molar-refractivity contribution in [3.05, 3.63) is 33.9 Å². The zero-order chi connectivity index (χ0) is 13.7. The number of nitro benzene ring substituents is 1. The molecule has 0 saturated heterocycles. The van der Waals surface area contributed by atoms with Gasteiger partial charge in [-0.05, 0) is 32.9 Å². The number of carbonyl (C=O) groups excluding carboxylic acids is 1. The molecule has 1 amide bonds. The summed E-state index contributed by atoms with van der Waals surface area (Å²) in [6, 6.07) is 4.31. The first-order chi connectivity index (χ1) is 8.45. The molecule has 0 heterocycles. The van der Waals surface area contributed by atoms with Crippen LogP contribution >= 0.6 is 0 Å². The Morgan fingerprint density at radius 3 is 2.67 bits per heavy atom. The fourth-order valence-electron chi connectivity index (χ4n) is 1.59. The van der Waals surface area contributed by atoms with Crippen LogP contribution < -0.4 is 10.6 Å². The number of hydrogen-bond donors (Lipinski definition) is 2. The predicted molar refractivity (Wildman–Crippen MR) is 69.6 cm³/mol. The minimum atomic E-state index is -0.424. The molecule has 1 atom stereocenters. The summed E-state index contributed by atoms with van der Waals surface area (Å²) < 4.78 is 0. The molecule has 1 aromatic carbocycles. The highest BCUT2D eigenvalue weighted by molar-refractivity contribution is 5.84. The van der Waals surface area contributed by atoms with Crippen molar-refractivity contribution in [2.24, 2.45) is 0 Å². The van der Waals surface area contributed by atoms with Crippen molar-refractivity contribution in [3.8, 4) is 0 Å². The molecule has 0 fully saturated rings. The van der Waals surface area contributed by atoms with Gasteiger partial charge < -0.3 is 10.6 Å². The maximum Gasteiger partial charge on any atom is 0.272 e. The zero-order valence-electron chi connectivity index (χ0n) is 10.7. The van der Waals surface area contributed by atoms with Gasteiger partial charge in [0, 0.05) is 23.9 Å². The number of nitro groups is 1. The average Bonchev–Trinajstić information content (AvgIpc) is 2.28. The fourth-order valence-corrected chi connectivity index (χ4v) is 1.59. The van der Waals surface area contributed by atoms with Gasteiger partial charge in [-0.1, -0.05) is 0 Å². The van der Waals surface area contributed by atoms with E-state index in [-0.39, 0.29) is 17.6 Å². The first-order valence-electron chi connectivity index (χ1n) is 5.75. The van der Waals surface area contributed by atoms with Crippen LogP contribution in [0.2, 0.25) is 0 Å². The second-order valence-corrected chi connectivity index (χ2v) is 4.02. The van der Waals surface area contributed by atoms with Gasteiger partial charge in [0.15, 0.2) is 0 Å². The van der Waals surface area contributed by atoms with Gasteiger partial charge in [-0.25, -0.2) is 0 Å². The minimum absolute atomic E-state index is 0.0752. The molecule has 0 saturated carbocycles. The number of hydrogen-bond acceptors (Lipinski definition) is 4. The lowest BCUT2D eigenvalue weighted by Crippen LogP contribution is -2.37. The highest BCUT2D eigenvalue weighted by Crippen LogP contribution is 2.21. The molecule has 1 aromatic rings. The van der Waals surface area contributed by atoms with Crippen molar-refractivity contribution in [3.63, 3.8) is 0 Å². The summed E-state index contributed by atoms with van der Waals surface area (Å²) in [5, 5.41) is 16.4. The first-order valence-corrected chi connectivity index (χ1v) is 5.75. The standard InChI is InChI=1S/C12H17N3O3/c1-4-13-12(16)9(3)14-10-5-6-11(15(17)18)8(2)7-10/h5-7,9,14H,4H2,1-3H3,(H,13,16). The highest BCUT2D eigenvalue weighted by atomic mass is 16.6. The van der Waals surface area contributed by atoms with Gasteiger partial charge in [0.05, 0.1) is 4.92 Å². The van der Waals surface area contributed by atoms with Crippen LogP contribution in [-0.2, 0) is 4.79 Å². The Balaban J connectivity index is 2.77. The third kappa shape index (κ3) is 3.44. The van der Waals surface area contributed by atoms with E-state index in [9.17, 15) is 14.9 Å². The van der Waals surface area contributed by atoms with Crippen LogP contribution in [0.15, 0.2) is 18.2 Å². The molecule has 6 heteroatoms. The van der Waals surface area contributed by atoms with Crippen molar-refractivity contribution in [2.45, 2.75) is 26.8 Å². The topological polar surface area (TPSA) is 84.3 Å². The highest BCUT2D eigenvalue weighted by Gasteiger charge is 2.14. The summed E-state index contributed by atoms with van der Waals surface area (Å²) in [4.78, 5) is 21.8. The number of likely N-dealkylation sites (N-methyl/N-ethyl adjacent to an activating group) is 1. The van der Waals surface area contributed by atoms with E-state index in [4.69, 9.17) is 0 Å². The van der Waals surface area contributed by atoms with Gasteiger partial charge in [-0.15, -0.1) is 0 Å². The number of rotatable bonds is 5. The van der Waals surface area contributed by atoms with Crippen molar-refractivity contribution >= 4 is 17.3 Å². The number of aryl methyl sites for hydroxylation is 1. The third-order valence-corrected chi connectivity index (χ3v) is 2.52. The molecular weight excluding hydrogens is 234 g/mol. The lowest BCUT2D eigenvalue weighted by Gasteiger charge is -2.14. The fraction of sp³-hybridized carbons (Fsp3) is 0.417. The summed E-state index contributed by atoms with van der Waals surface area (Å²) in [5.41, 5.74) is 1.33. The van der Waals surface area contributed by atoms with E-state index < -0.39 is 4.92 Å². The molecule has 0 aromatic heterocycles. The van der Waals surface area contributed by atoms with Crippen molar-refractivity contribution in [1.82, 2.24) is 5.32 Å². The summed E-state index contributed by atoms with van der Waals surface area (Å²) in [5.74, 6) is -0.103. The molecule has 0 aliphatic heterocycles. The third-order valence-electron chi connectivity index (χ3n) is 2.52. The van der Waals surface area contributed by atoms with E-state index in [2.05, 4.69) is 10.6 Å². The number of nitrogens with zero attached hydrogens (tertiary/aromatic N) is 1. The van der Waals surface area contributed by atoms with Crippen molar-refractivity contribution < 1.29 is 9.72 Å². The largest absolute Gasteiger partial charge is 0.374 e. The molecule has 1 rings (SSSR count). The number of anilines is 1. The summed E-state index contributed by atoms with van der Waals surface area (Å²) in [6.07, 6.45) is 0. The van der Waals surface area contributed by atoms with Crippen LogP contribution in [0.5, 0.6) is 0 Å². The number of amides is 1. The van der Waals surface area contributed by atoms with Crippen LogP contribution in [0.25, 0.3) is 0 Å². The van der Waals surface area contributed by atoms with E-state index in [0.717, 1.165) is 0 Å². The molecule has 0 aliphatic rings. The van der Waals surface area contributed by atoms with E-state index >= 15 is 0 Å². The molecule has 0 radical (unpaired) electrons. The maximum absolute atomic E-state index is 11.5. The predicted octanol–water partition coefficient (Wildman–Crippen LogP) is 1.84. The zero-order valence-corrected chi connectivity index (χ0v) is 10.7. The Bertz CT molecular complexity index is 460. The second kappa shape index (κ2) is 6.00. The van der Waals surface area contributed by atoms with Crippen LogP contribution in [0.4, 0.5) is 11.4 Å². The molecule has 0 bridgehead atoms. The molecule has 98 valence electrons. The van der Waals surface area contributed by atoms with Crippen LogP contribution in [0.1, 0.15) is 19.4 Å². The molecule has 18 heavy (non-hydrogen) atoms. The normalized spacial score (nSPS) is 11.7. The lowest BCUT2D eigenvalue weighted by atomic mass is 10.1. The monoisotopic (exact) mass is 251 g/mol. The van der Waals surface area contributed by atoms with E-state index in [1.54, 1.807) is 26.0 Å². The van der Waals surface area contributed by atoms with Crippen molar-refractivity contribution in [2.75, 3.05) is 11.9 Å². The Morgan fingerprint density at radius 1 is 1.50 bits per heavy atom. The van der Waals surface area contributed by atoms with Gasteiger partial charge in [0.1, 0.15) is 6.04 Å². The molecule has 0 spiro atoms. The van der Waals surface area contributed by atoms with Gasteiger partial charge >= 0.3 is 0 Å². The van der Waals surface area contributed by atoms with Gasteiger partial charge in [0.2, 0.25) is 5.91 Å². The van der Waals surface area contributed by atoms with Crippen LogP contribution in [0.3, 0.4) is 0 Å². The quantitative estimate of drug-likeness (QED) is 0.617. The summed E-state index contributed by atoms with van der Waals surface area (Å²) in [7, 11) is 0. The van der Waals surface area contributed by atoms with Gasteiger partial charge in [-0.2, -0.15) is 0 Å². The van der Waals surface area contributed by atoms with Gasteiger partial charge in [-0.3, -0.25) is 14.9 Å². The second-order valence-electron chi connectivity index (χ2n) is 4.02. The molecule has 0 aliphatic carbocycles. The van der Waals surface area contributed by atoms with Crippen LogP contribution in [-0.4, -0.2) is 23.4 Å². The van der Waals surface area contributed by atoms with Crippen molar-refractivity contribution in [1.29, 1.82) is 0 Å². The molecular formula is C12H17N3O3. The lowest BCUT2D eigenvalue weighted by molar-refractivity contribution is -0.385. The smallest absolute Gasteiger partial charge is 0.272 e. The summed E-state index contributed by atoms with van der Waals surface area (Å²) in [6.45, 7) is 5.83. The van der Waals surface area contributed by atoms with Crippen LogP contribution in [0, 0.1) is 17.0 Å². The van der Waals surface area contributed by atoms with E-state index in [1.807, 2.05) is 6.92 Å². The molecule has 2 N–H and O–H groups in total. The van der Waals surface area contributed by atoms with E-state index in [0.29, 0.717) is 17.8 Å². The molecule has 1 unspecified atom stereocenters. The Hall–Kier alpha value is -2.11.